The number of carboxylic acids is 1. The van der Waals surface area contributed by atoms with E-state index in [1.807, 2.05) is 0 Å². The van der Waals surface area contributed by atoms with E-state index in [1.54, 1.807) is 6.92 Å². The second-order valence-electron chi connectivity index (χ2n) is 4.57. The lowest BCUT2D eigenvalue weighted by atomic mass is 9.90. The van der Waals surface area contributed by atoms with Crippen molar-refractivity contribution in [1.82, 2.24) is 0 Å². The number of benzene rings is 1. The lowest BCUT2D eigenvalue weighted by Gasteiger charge is -2.14. The Morgan fingerprint density at radius 2 is 2.25 bits per heavy atom. The van der Waals surface area contributed by atoms with Crippen LogP contribution in [0.3, 0.4) is 0 Å². The molecule has 1 aromatic rings. The fourth-order valence-electron chi connectivity index (χ4n) is 2.18. The highest BCUT2D eigenvalue weighted by Crippen LogP contribution is 2.35. The van der Waals surface area contributed by atoms with Crippen LogP contribution in [0.5, 0.6) is 0 Å². The Kier molecular flexibility index (Phi) is 2.82. The van der Waals surface area contributed by atoms with Crippen LogP contribution in [-0.2, 0) is 4.79 Å². The number of hydrogen-bond donors (Lipinski definition) is 1. The molecule has 0 fully saturated rings. The van der Waals surface area contributed by atoms with Gasteiger partial charge in [0.1, 0.15) is 0 Å². The van der Waals surface area contributed by atoms with E-state index < -0.39 is 5.97 Å². The highest BCUT2D eigenvalue weighted by molar-refractivity contribution is 5.70. The van der Waals surface area contributed by atoms with Crippen LogP contribution >= 0.6 is 0 Å². The number of rotatable bonds is 3. The van der Waals surface area contributed by atoms with Crippen LogP contribution in [0.2, 0.25) is 0 Å². The van der Waals surface area contributed by atoms with E-state index in [4.69, 9.17) is 5.11 Å². The van der Waals surface area contributed by atoms with Gasteiger partial charge in [0.15, 0.2) is 0 Å². The number of aryl methyl sites for hydroxylation is 1. The molecule has 2 heteroatoms. The van der Waals surface area contributed by atoms with Crippen molar-refractivity contribution in [2.75, 3.05) is 0 Å². The average Bonchev–Trinajstić information content (AvgIpc) is 2.61. The SMILES string of the molecule is Cc1ccc2c(c1)C(CC(C)C(=O)O)C=C2. The number of fused-ring (bicyclic) bond motifs is 1. The lowest BCUT2D eigenvalue weighted by Crippen LogP contribution is -2.12. The molecule has 0 aliphatic heterocycles. The monoisotopic (exact) mass is 216 g/mol. The Balaban J connectivity index is 2.20. The number of carboxylic acid groups (broad SMARTS) is 1. The second-order valence-corrected chi connectivity index (χ2v) is 4.57. The molecule has 0 amide bonds. The molecule has 2 atom stereocenters. The van der Waals surface area contributed by atoms with Crippen LogP contribution < -0.4 is 0 Å². The van der Waals surface area contributed by atoms with Gasteiger partial charge in [0.25, 0.3) is 0 Å². The van der Waals surface area contributed by atoms with E-state index in [2.05, 4.69) is 37.3 Å². The van der Waals surface area contributed by atoms with Crippen LogP contribution in [0.1, 0.15) is 36.0 Å². The summed E-state index contributed by atoms with van der Waals surface area (Å²) in [4.78, 5) is 10.8. The summed E-state index contributed by atoms with van der Waals surface area (Å²) < 4.78 is 0. The second kappa shape index (κ2) is 4.12. The first-order chi connectivity index (χ1) is 7.58. The van der Waals surface area contributed by atoms with Crippen molar-refractivity contribution in [2.24, 2.45) is 5.92 Å². The largest absolute Gasteiger partial charge is 0.481 e. The summed E-state index contributed by atoms with van der Waals surface area (Å²) in [5.41, 5.74) is 3.73. The van der Waals surface area contributed by atoms with Crippen LogP contribution in [0.4, 0.5) is 0 Å². The van der Waals surface area contributed by atoms with Crippen LogP contribution in [-0.4, -0.2) is 11.1 Å². The fourth-order valence-corrected chi connectivity index (χ4v) is 2.18. The highest BCUT2D eigenvalue weighted by Gasteiger charge is 2.22. The van der Waals surface area contributed by atoms with Gasteiger partial charge in [-0.1, -0.05) is 42.8 Å². The van der Waals surface area contributed by atoms with Crippen LogP contribution in [0.15, 0.2) is 24.3 Å². The zero-order valence-corrected chi connectivity index (χ0v) is 9.60. The van der Waals surface area contributed by atoms with E-state index in [1.165, 1.54) is 16.7 Å². The third-order valence-corrected chi connectivity index (χ3v) is 3.18. The molecule has 16 heavy (non-hydrogen) atoms. The molecule has 0 heterocycles. The molecule has 0 saturated carbocycles. The minimum atomic E-state index is -0.713. The van der Waals surface area contributed by atoms with E-state index in [0.29, 0.717) is 6.42 Å². The third-order valence-electron chi connectivity index (χ3n) is 3.18. The predicted octanol–water partition coefficient (Wildman–Crippen LogP) is 3.22. The van der Waals surface area contributed by atoms with Crippen molar-refractivity contribution < 1.29 is 9.90 Å². The minimum absolute atomic E-state index is 0.265. The highest BCUT2D eigenvalue weighted by atomic mass is 16.4. The van der Waals surface area contributed by atoms with E-state index in [0.717, 1.165) is 0 Å². The third kappa shape index (κ3) is 2.01. The van der Waals surface area contributed by atoms with E-state index in [9.17, 15) is 4.79 Å². The molecule has 1 aliphatic rings. The molecule has 0 spiro atoms. The zero-order valence-electron chi connectivity index (χ0n) is 9.60. The molecule has 0 saturated heterocycles. The molecule has 0 aromatic heterocycles. The van der Waals surface area contributed by atoms with Gasteiger partial charge < -0.3 is 5.11 Å². The van der Waals surface area contributed by atoms with Crippen molar-refractivity contribution in [3.05, 3.63) is 41.0 Å². The summed E-state index contributed by atoms with van der Waals surface area (Å²) in [6.07, 6.45) is 4.89. The maximum Gasteiger partial charge on any atom is 0.306 e. The smallest absolute Gasteiger partial charge is 0.306 e. The molecule has 0 radical (unpaired) electrons. The lowest BCUT2D eigenvalue weighted by molar-refractivity contribution is -0.141. The summed E-state index contributed by atoms with van der Waals surface area (Å²) in [5.74, 6) is -0.739. The molecular formula is C14H16O2. The van der Waals surface area contributed by atoms with Crippen molar-refractivity contribution >= 4 is 12.0 Å². The minimum Gasteiger partial charge on any atom is -0.481 e. The van der Waals surface area contributed by atoms with Gasteiger partial charge in [0.05, 0.1) is 5.92 Å². The molecule has 0 bridgehead atoms. The van der Waals surface area contributed by atoms with Crippen molar-refractivity contribution in [1.29, 1.82) is 0 Å². The van der Waals surface area contributed by atoms with Gasteiger partial charge in [-0.3, -0.25) is 4.79 Å². The molecule has 2 rings (SSSR count). The zero-order chi connectivity index (χ0) is 11.7. The molecular weight excluding hydrogens is 200 g/mol. The van der Waals surface area contributed by atoms with Crippen LogP contribution in [0, 0.1) is 12.8 Å². The van der Waals surface area contributed by atoms with E-state index in [-0.39, 0.29) is 11.8 Å². The summed E-state index contributed by atoms with van der Waals surface area (Å²) >= 11 is 0. The topological polar surface area (TPSA) is 37.3 Å². The maximum atomic E-state index is 10.8. The maximum absolute atomic E-state index is 10.8. The van der Waals surface area contributed by atoms with Gasteiger partial charge in [-0.05, 0) is 24.5 Å². The molecule has 1 N–H and O–H groups in total. The first kappa shape index (κ1) is 10.9. The summed E-state index contributed by atoms with van der Waals surface area (Å²) in [5, 5.41) is 8.92. The Hall–Kier alpha value is -1.57. The van der Waals surface area contributed by atoms with Gasteiger partial charge in [-0.2, -0.15) is 0 Å². The van der Waals surface area contributed by atoms with Crippen molar-refractivity contribution in [2.45, 2.75) is 26.2 Å². The first-order valence-corrected chi connectivity index (χ1v) is 5.59. The van der Waals surface area contributed by atoms with Gasteiger partial charge in [-0.15, -0.1) is 0 Å². The number of aliphatic carboxylic acids is 1. The quantitative estimate of drug-likeness (QED) is 0.842. The van der Waals surface area contributed by atoms with Gasteiger partial charge in [0.2, 0.25) is 0 Å². The molecule has 2 nitrogen and oxygen atoms in total. The molecule has 1 aromatic carbocycles. The standard InChI is InChI=1S/C14H16O2/c1-9-3-4-11-5-6-12(13(11)7-9)8-10(2)14(15)16/h3-7,10,12H,8H2,1-2H3,(H,15,16). The predicted molar refractivity (Wildman–Crippen MR) is 64.4 cm³/mol. The van der Waals surface area contributed by atoms with E-state index >= 15 is 0 Å². The summed E-state index contributed by atoms with van der Waals surface area (Å²) in [6, 6.07) is 6.35. The molecule has 2 unspecified atom stereocenters. The fraction of sp³-hybridized carbons (Fsp3) is 0.357. The Labute approximate surface area is 95.6 Å². The van der Waals surface area contributed by atoms with Crippen LogP contribution in [0.25, 0.3) is 6.08 Å². The Morgan fingerprint density at radius 3 is 2.94 bits per heavy atom. The number of carbonyl (C=O) groups is 1. The van der Waals surface area contributed by atoms with Gasteiger partial charge in [-0.25, -0.2) is 0 Å². The van der Waals surface area contributed by atoms with Gasteiger partial charge in [0, 0.05) is 5.92 Å². The normalized spacial score (nSPS) is 19.5. The summed E-state index contributed by atoms with van der Waals surface area (Å²) in [7, 11) is 0. The number of hydrogen-bond acceptors (Lipinski definition) is 1. The summed E-state index contributed by atoms with van der Waals surface area (Å²) in [6.45, 7) is 3.83. The Morgan fingerprint density at radius 1 is 1.50 bits per heavy atom. The molecule has 84 valence electrons. The Bertz CT molecular complexity index is 446. The molecule has 1 aliphatic carbocycles. The number of allylic oxidation sites excluding steroid dienone is 1. The van der Waals surface area contributed by atoms with Gasteiger partial charge >= 0.3 is 5.97 Å². The average molecular weight is 216 g/mol. The first-order valence-electron chi connectivity index (χ1n) is 5.59. The van der Waals surface area contributed by atoms with Crippen molar-refractivity contribution in [3.63, 3.8) is 0 Å². The van der Waals surface area contributed by atoms with Crippen molar-refractivity contribution in [3.8, 4) is 0 Å².